The van der Waals surface area contributed by atoms with Crippen LogP contribution in [0.1, 0.15) is 37.6 Å². The molecule has 2 saturated heterocycles. The van der Waals surface area contributed by atoms with E-state index in [1.807, 2.05) is 0 Å². The lowest BCUT2D eigenvalue weighted by Crippen LogP contribution is -2.53. The number of carbonyl (C=O) groups excluding carboxylic acids is 1. The Morgan fingerprint density at radius 1 is 1.24 bits per heavy atom. The molecular weight excluding hydrogens is 266 g/mol. The number of carbonyl (C=O) groups is 1. The second kappa shape index (κ2) is 4.94. The molecule has 3 heterocycles. The van der Waals surface area contributed by atoms with Crippen molar-refractivity contribution in [2.24, 2.45) is 0 Å². The third-order valence-corrected chi connectivity index (χ3v) is 4.49. The van der Waals surface area contributed by atoms with Crippen molar-refractivity contribution in [3.63, 3.8) is 0 Å². The van der Waals surface area contributed by atoms with E-state index in [4.69, 9.17) is 0 Å². The van der Waals surface area contributed by atoms with Gasteiger partial charge in [0.1, 0.15) is 0 Å². The van der Waals surface area contributed by atoms with Crippen LogP contribution in [0.3, 0.4) is 0 Å². The highest BCUT2D eigenvalue weighted by atomic mass is 16.1. The van der Waals surface area contributed by atoms with E-state index in [1.165, 1.54) is 6.42 Å². The number of fused-ring (bicyclic) bond motifs is 2. The molecule has 0 aromatic carbocycles. The molecule has 0 radical (unpaired) electrons. The van der Waals surface area contributed by atoms with E-state index in [0.717, 1.165) is 19.0 Å². The standard InChI is InChI=1S/C15H23N5O/c1-15(2,3)20-9-11-5-12(20)8-19(11)14-17-6-10(7-18-14)13(21)16-4/h6-7,11-12H,5,8-9H2,1-4H3,(H,16,21)/t11-,12-/m0/s1. The van der Waals surface area contributed by atoms with Crippen LogP contribution in [0.5, 0.6) is 0 Å². The van der Waals surface area contributed by atoms with E-state index in [2.05, 4.69) is 45.9 Å². The molecule has 0 unspecified atom stereocenters. The van der Waals surface area contributed by atoms with E-state index in [9.17, 15) is 4.79 Å². The third-order valence-electron chi connectivity index (χ3n) is 4.49. The fourth-order valence-electron chi connectivity index (χ4n) is 3.46. The molecule has 1 amide bonds. The second-order valence-corrected chi connectivity index (χ2v) is 6.87. The number of anilines is 1. The molecule has 1 aromatic rings. The lowest BCUT2D eigenvalue weighted by molar-refractivity contribution is 0.0962. The molecule has 0 spiro atoms. The normalized spacial score (nSPS) is 25.4. The van der Waals surface area contributed by atoms with Crippen molar-refractivity contribution in [2.75, 3.05) is 25.0 Å². The van der Waals surface area contributed by atoms with E-state index < -0.39 is 0 Å². The summed E-state index contributed by atoms with van der Waals surface area (Å²) in [5.41, 5.74) is 0.719. The van der Waals surface area contributed by atoms with Crippen LogP contribution in [-0.4, -0.2) is 58.5 Å². The Morgan fingerprint density at radius 2 is 1.90 bits per heavy atom. The molecule has 6 nitrogen and oxygen atoms in total. The fraction of sp³-hybridized carbons (Fsp3) is 0.667. The van der Waals surface area contributed by atoms with E-state index >= 15 is 0 Å². The first-order chi connectivity index (χ1) is 9.90. The van der Waals surface area contributed by atoms with Crippen molar-refractivity contribution < 1.29 is 4.79 Å². The Kier molecular flexibility index (Phi) is 3.36. The summed E-state index contributed by atoms with van der Waals surface area (Å²) >= 11 is 0. The zero-order valence-electron chi connectivity index (χ0n) is 13.1. The Morgan fingerprint density at radius 3 is 2.38 bits per heavy atom. The van der Waals surface area contributed by atoms with Gasteiger partial charge in [-0.1, -0.05) is 0 Å². The maximum atomic E-state index is 11.5. The third kappa shape index (κ3) is 2.48. The van der Waals surface area contributed by atoms with Crippen LogP contribution in [0.25, 0.3) is 0 Å². The van der Waals surface area contributed by atoms with Gasteiger partial charge in [-0.3, -0.25) is 9.69 Å². The van der Waals surface area contributed by atoms with Gasteiger partial charge in [-0.15, -0.1) is 0 Å². The number of aromatic nitrogens is 2. The van der Waals surface area contributed by atoms with Crippen molar-refractivity contribution in [3.8, 4) is 0 Å². The van der Waals surface area contributed by atoms with Gasteiger partial charge in [0, 0.05) is 50.2 Å². The molecule has 1 aromatic heterocycles. The van der Waals surface area contributed by atoms with Crippen LogP contribution in [0.2, 0.25) is 0 Å². The Balaban J connectivity index is 1.72. The second-order valence-electron chi connectivity index (χ2n) is 6.87. The molecule has 0 saturated carbocycles. The van der Waals surface area contributed by atoms with Crippen LogP contribution in [0, 0.1) is 0 Å². The van der Waals surface area contributed by atoms with E-state index in [0.29, 0.717) is 17.6 Å². The molecule has 0 aliphatic carbocycles. The first kappa shape index (κ1) is 14.3. The number of hydrogen-bond donors (Lipinski definition) is 1. The van der Waals surface area contributed by atoms with Gasteiger partial charge in [0.25, 0.3) is 5.91 Å². The number of hydrogen-bond acceptors (Lipinski definition) is 5. The molecule has 3 rings (SSSR count). The predicted molar refractivity (Wildman–Crippen MR) is 81.4 cm³/mol. The summed E-state index contributed by atoms with van der Waals surface area (Å²) in [6.45, 7) is 8.85. The summed E-state index contributed by atoms with van der Waals surface area (Å²) < 4.78 is 0. The highest BCUT2D eigenvalue weighted by molar-refractivity contribution is 5.93. The lowest BCUT2D eigenvalue weighted by atomic mass is 10.0. The summed E-state index contributed by atoms with van der Waals surface area (Å²) in [4.78, 5) is 25.1. The summed E-state index contributed by atoms with van der Waals surface area (Å²) in [5, 5.41) is 2.58. The topological polar surface area (TPSA) is 61.4 Å². The Hall–Kier alpha value is -1.69. The minimum Gasteiger partial charge on any atom is -0.355 e. The summed E-state index contributed by atoms with van der Waals surface area (Å²) in [6, 6.07) is 1.07. The first-order valence-corrected chi connectivity index (χ1v) is 7.47. The van der Waals surface area contributed by atoms with Gasteiger partial charge >= 0.3 is 0 Å². The van der Waals surface area contributed by atoms with Gasteiger partial charge in [0.05, 0.1) is 5.56 Å². The highest BCUT2D eigenvalue weighted by Gasteiger charge is 2.47. The Labute approximate surface area is 125 Å². The van der Waals surface area contributed by atoms with Crippen molar-refractivity contribution in [1.82, 2.24) is 20.2 Å². The molecule has 2 atom stereocenters. The largest absolute Gasteiger partial charge is 0.355 e. The predicted octanol–water partition coefficient (Wildman–Crippen LogP) is 0.898. The van der Waals surface area contributed by atoms with Gasteiger partial charge in [-0.25, -0.2) is 9.97 Å². The highest BCUT2D eigenvalue weighted by Crippen LogP contribution is 2.36. The van der Waals surface area contributed by atoms with Crippen LogP contribution in [0.15, 0.2) is 12.4 Å². The minimum atomic E-state index is -0.150. The molecule has 114 valence electrons. The summed E-state index contributed by atoms with van der Waals surface area (Å²) in [5.74, 6) is 0.590. The van der Waals surface area contributed by atoms with E-state index in [-0.39, 0.29) is 11.4 Å². The number of rotatable bonds is 2. The van der Waals surface area contributed by atoms with Crippen molar-refractivity contribution >= 4 is 11.9 Å². The minimum absolute atomic E-state index is 0.150. The van der Waals surface area contributed by atoms with Gasteiger partial charge in [-0.2, -0.15) is 0 Å². The molecule has 2 aliphatic rings. The van der Waals surface area contributed by atoms with Crippen LogP contribution >= 0.6 is 0 Å². The average Bonchev–Trinajstić information content (AvgIpc) is 3.06. The Bertz CT molecular complexity index is 536. The van der Waals surface area contributed by atoms with Crippen LogP contribution in [-0.2, 0) is 0 Å². The lowest BCUT2D eigenvalue weighted by Gasteiger charge is -2.42. The monoisotopic (exact) mass is 289 g/mol. The first-order valence-electron chi connectivity index (χ1n) is 7.47. The smallest absolute Gasteiger partial charge is 0.254 e. The summed E-state index contributed by atoms with van der Waals surface area (Å²) in [6.07, 6.45) is 4.39. The summed E-state index contributed by atoms with van der Waals surface area (Å²) in [7, 11) is 1.61. The molecule has 2 bridgehead atoms. The fourth-order valence-corrected chi connectivity index (χ4v) is 3.46. The number of nitrogens with one attached hydrogen (secondary N) is 1. The number of nitrogens with zero attached hydrogens (tertiary/aromatic N) is 4. The maximum absolute atomic E-state index is 11.5. The zero-order valence-corrected chi connectivity index (χ0v) is 13.1. The molecule has 1 N–H and O–H groups in total. The van der Waals surface area contributed by atoms with Gasteiger partial charge in [-0.05, 0) is 27.2 Å². The maximum Gasteiger partial charge on any atom is 0.254 e. The van der Waals surface area contributed by atoms with Crippen LogP contribution < -0.4 is 10.2 Å². The molecule has 2 aliphatic heterocycles. The van der Waals surface area contributed by atoms with Crippen molar-refractivity contribution in [1.29, 1.82) is 0 Å². The van der Waals surface area contributed by atoms with Gasteiger partial charge in [0.2, 0.25) is 5.95 Å². The van der Waals surface area contributed by atoms with Crippen LogP contribution in [0.4, 0.5) is 5.95 Å². The molecular formula is C15H23N5O. The molecule has 2 fully saturated rings. The number of amides is 1. The van der Waals surface area contributed by atoms with Crippen molar-refractivity contribution in [2.45, 2.75) is 44.8 Å². The van der Waals surface area contributed by atoms with Gasteiger partial charge < -0.3 is 10.2 Å². The van der Waals surface area contributed by atoms with Crippen molar-refractivity contribution in [3.05, 3.63) is 18.0 Å². The quantitative estimate of drug-likeness (QED) is 0.876. The number of likely N-dealkylation sites (tertiary alicyclic amines) is 1. The zero-order chi connectivity index (χ0) is 15.2. The SMILES string of the molecule is CNC(=O)c1cnc(N2C[C@@H]3C[C@H]2CN3C(C)(C)C)nc1. The van der Waals surface area contributed by atoms with Gasteiger partial charge in [0.15, 0.2) is 0 Å². The average molecular weight is 289 g/mol. The number of piperazine rings is 1. The molecule has 6 heteroatoms. The molecule has 21 heavy (non-hydrogen) atoms. The van der Waals surface area contributed by atoms with E-state index in [1.54, 1.807) is 19.4 Å².